The van der Waals surface area contributed by atoms with Crippen molar-refractivity contribution in [1.29, 1.82) is 0 Å². The maximum absolute atomic E-state index is 12.2. The van der Waals surface area contributed by atoms with Crippen molar-refractivity contribution in [2.75, 3.05) is 5.73 Å². The maximum Gasteiger partial charge on any atom is 0.313 e. The predicted molar refractivity (Wildman–Crippen MR) is 74.3 cm³/mol. The van der Waals surface area contributed by atoms with Crippen LogP contribution in [-0.2, 0) is 6.54 Å². The third kappa shape index (κ3) is 3.13. The number of para-hydroxylation sites is 2. The van der Waals surface area contributed by atoms with Crippen LogP contribution in [0.1, 0.15) is 13.8 Å². The number of nitrogens with zero attached hydrogens (tertiary/aromatic N) is 2. The number of benzene rings is 1. The van der Waals surface area contributed by atoms with Gasteiger partial charge in [0.1, 0.15) is 0 Å². The molecule has 2 aromatic rings. The van der Waals surface area contributed by atoms with E-state index in [1.165, 1.54) is 0 Å². The monoisotopic (exact) mass is 259 g/mol. The third-order valence-electron chi connectivity index (χ3n) is 2.57. The average Bonchev–Trinajstić information content (AvgIpc) is 2.36. The van der Waals surface area contributed by atoms with Gasteiger partial charge < -0.3 is 15.0 Å². The first-order valence-corrected chi connectivity index (χ1v) is 6.15. The lowest BCUT2D eigenvalue weighted by molar-refractivity contribution is 0.434. The molecule has 0 fully saturated rings. The summed E-state index contributed by atoms with van der Waals surface area (Å²) in [5, 5.41) is 0. The summed E-state index contributed by atoms with van der Waals surface area (Å²) < 4.78 is 7.08. The summed E-state index contributed by atoms with van der Waals surface area (Å²) in [6.45, 7) is 4.72. The number of anilines is 1. The van der Waals surface area contributed by atoms with E-state index in [1.807, 2.05) is 13.8 Å². The van der Waals surface area contributed by atoms with E-state index in [1.54, 1.807) is 41.2 Å². The summed E-state index contributed by atoms with van der Waals surface area (Å²) in [7, 11) is 0. The second-order valence-electron chi connectivity index (χ2n) is 4.72. The fourth-order valence-corrected chi connectivity index (χ4v) is 1.71. The highest BCUT2D eigenvalue weighted by Gasteiger charge is 2.09. The van der Waals surface area contributed by atoms with Gasteiger partial charge in [-0.1, -0.05) is 26.0 Å². The van der Waals surface area contributed by atoms with Crippen LogP contribution in [0.15, 0.2) is 41.5 Å². The van der Waals surface area contributed by atoms with Crippen LogP contribution in [0.4, 0.5) is 5.69 Å². The van der Waals surface area contributed by atoms with Gasteiger partial charge in [-0.15, -0.1) is 0 Å². The van der Waals surface area contributed by atoms with Gasteiger partial charge >= 0.3 is 5.56 Å². The molecule has 19 heavy (non-hydrogen) atoms. The minimum atomic E-state index is -0.251. The van der Waals surface area contributed by atoms with E-state index in [0.29, 0.717) is 23.9 Å². The molecule has 2 N–H and O–H groups in total. The standard InChI is InChI=1S/C14H17N3O2/c1-10(2)9-17-8-7-16-13(14(17)18)19-12-6-4-3-5-11(12)15/h3-8,10H,9,15H2,1-2H3. The molecule has 0 aliphatic rings. The Bertz CT molecular complexity index is 620. The van der Waals surface area contributed by atoms with Crippen LogP contribution in [-0.4, -0.2) is 9.55 Å². The number of hydrogen-bond acceptors (Lipinski definition) is 4. The van der Waals surface area contributed by atoms with Crippen molar-refractivity contribution in [3.63, 3.8) is 0 Å². The molecule has 0 saturated heterocycles. The number of nitrogens with two attached hydrogens (primary N) is 1. The topological polar surface area (TPSA) is 70.1 Å². The summed E-state index contributed by atoms with van der Waals surface area (Å²) in [5.41, 5.74) is 6.00. The Morgan fingerprint density at radius 3 is 2.79 bits per heavy atom. The molecule has 0 spiro atoms. The lowest BCUT2D eigenvalue weighted by atomic mass is 10.2. The predicted octanol–water partition coefficient (Wildman–Crippen LogP) is 2.27. The van der Waals surface area contributed by atoms with Crippen molar-refractivity contribution in [3.05, 3.63) is 47.0 Å². The van der Waals surface area contributed by atoms with Crippen LogP contribution in [0.5, 0.6) is 11.6 Å². The van der Waals surface area contributed by atoms with E-state index in [-0.39, 0.29) is 11.4 Å². The first-order valence-electron chi connectivity index (χ1n) is 6.15. The van der Waals surface area contributed by atoms with Gasteiger partial charge in [-0.05, 0) is 18.1 Å². The molecule has 2 rings (SSSR count). The number of rotatable bonds is 4. The van der Waals surface area contributed by atoms with Crippen LogP contribution in [0.25, 0.3) is 0 Å². The molecule has 0 amide bonds. The molecule has 0 radical (unpaired) electrons. The van der Waals surface area contributed by atoms with Gasteiger partial charge in [-0.2, -0.15) is 0 Å². The lowest BCUT2D eigenvalue weighted by Gasteiger charge is -2.10. The Labute approximate surface area is 111 Å². The third-order valence-corrected chi connectivity index (χ3v) is 2.57. The quantitative estimate of drug-likeness (QED) is 0.855. The zero-order valence-corrected chi connectivity index (χ0v) is 11.0. The van der Waals surface area contributed by atoms with Crippen LogP contribution in [0.2, 0.25) is 0 Å². The Morgan fingerprint density at radius 2 is 2.11 bits per heavy atom. The lowest BCUT2D eigenvalue weighted by Crippen LogP contribution is -2.23. The normalized spacial score (nSPS) is 10.7. The van der Waals surface area contributed by atoms with E-state index in [2.05, 4.69) is 4.98 Å². The molecule has 0 atom stereocenters. The van der Waals surface area contributed by atoms with E-state index < -0.39 is 0 Å². The highest BCUT2D eigenvalue weighted by molar-refractivity contribution is 5.52. The minimum absolute atomic E-state index is 0.0426. The van der Waals surface area contributed by atoms with E-state index in [9.17, 15) is 4.79 Å². The van der Waals surface area contributed by atoms with Crippen molar-refractivity contribution in [1.82, 2.24) is 9.55 Å². The van der Waals surface area contributed by atoms with E-state index in [0.717, 1.165) is 0 Å². The fourth-order valence-electron chi connectivity index (χ4n) is 1.71. The summed E-state index contributed by atoms with van der Waals surface area (Å²) in [5.74, 6) is 0.852. The highest BCUT2D eigenvalue weighted by atomic mass is 16.5. The van der Waals surface area contributed by atoms with Gasteiger partial charge in [0.15, 0.2) is 5.75 Å². The molecule has 5 heteroatoms. The smallest absolute Gasteiger partial charge is 0.313 e. The number of ether oxygens (including phenoxy) is 1. The van der Waals surface area contributed by atoms with Gasteiger partial charge in [0.2, 0.25) is 0 Å². The van der Waals surface area contributed by atoms with Crippen LogP contribution in [0, 0.1) is 5.92 Å². The molecule has 0 aliphatic carbocycles. The molecule has 1 aromatic heterocycles. The SMILES string of the molecule is CC(C)Cn1ccnc(Oc2ccccc2N)c1=O. The summed E-state index contributed by atoms with van der Waals surface area (Å²) in [4.78, 5) is 16.1. The highest BCUT2D eigenvalue weighted by Crippen LogP contribution is 2.23. The number of aromatic nitrogens is 2. The molecular formula is C14H17N3O2. The molecule has 100 valence electrons. The molecule has 0 aliphatic heterocycles. The number of hydrogen-bond donors (Lipinski definition) is 1. The fraction of sp³-hybridized carbons (Fsp3) is 0.286. The van der Waals surface area contributed by atoms with E-state index >= 15 is 0 Å². The summed E-state index contributed by atoms with van der Waals surface area (Å²) in [6.07, 6.45) is 3.21. The minimum Gasteiger partial charge on any atom is -0.432 e. The largest absolute Gasteiger partial charge is 0.432 e. The van der Waals surface area contributed by atoms with Gasteiger partial charge in [-0.25, -0.2) is 4.98 Å². The Balaban J connectivity index is 2.31. The second kappa shape index (κ2) is 5.56. The van der Waals surface area contributed by atoms with Crippen molar-refractivity contribution >= 4 is 5.69 Å². The molecular weight excluding hydrogens is 242 g/mol. The van der Waals surface area contributed by atoms with Crippen molar-refractivity contribution in [3.8, 4) is 11.6 Å². The first-order chi connectivity index (χ1) is 9.08. The number of nitrogen functional groups attached to an aromatic ring is 1. The van der Waals surface area contributed by atoms with Crippen molar-refractivity contribution in [2.24, 2.45) is 5.92 Å². The average molecular weight is 259 g/mol. The van der Waals surface area contributed by atoms with Crippen LogP contribution < -0.4 is 16.0 Å². The van der Waals surface area contributed by atoms with Crippen LogP contribution in [0.3, 0.4) is 0 Å². The van der Waals surface area contributed by atoms with E-state index in [4.69, 9.17) is 10.5 Å². The summed E-state index contributed by atoms with van der Waals surface area (Å²) in [6, 6.07) is 7.01. The Kier molecular flexibility index (Phi) is 3.85. The molecule has 5 nitrogen and oxygen atoms in total. The zero-order valence-electron chi connectivity index (χ0n) is 11.0. The molecule has 0 bridgehead atoms. The first kappa shape index (κ1) is 13.1. The van der Waals surface area contributed by atoms with Gasteiger partial charge in [-0.3, -0.25) is 4.79 Å². The molecule has 1 aromatic carbocycles. The molecule has 0 saturated carbocycles. The van der Waals surface area contributed by atoms with Crippen LogP contribution >= 0.6 is 0 Å². The van der Waals surface area contributed by atoms with Gasteiger partial charge in [0, 0.05) is 18.9 Å². The molecule has 1 heterocycles. The Morgan fingerprint density at radius 1 is 1.37 bits per heavy atom. The summed E-state index contributed by atoms with van der Waals surface area (Å²) >= 11 is 0. The van der Waals surface area contributed by atoms with Gasteiger partial charge in [0.25, 0.3) is 5.88 Å². The maximum atomic E-state index is 12.2. The van der Waals surface area contributed by atoms with Gasteiger partial charge in [0.05, 0.1) is 5.69 Å². The molecule has 0 unspecified atom stereocenters. The van der Waals surface area contributed by atoms with Crippen molar-refractivity contribution < 1.29 is 4.74 Å². The Hall–Kier alpha value is -2.30. The zero-order chi connectivity index (χ0) is 13.8. The van der Waals surface area contributed by atoms with Crippen molar-refractivity contribution in [2.45, 2.75) is 20.4 Å². The second-order valence-corrected chi connectivity index (χ2v) is 4.72.